The average molecular weight is 1640 g/mol. The van der Waals surface area contributed by atoms with Gasteiger partial charge in [0.1, 0.15) is 6.61 Å². The van der Waals surface area contributed by atoms with Gasteiger partial charge in [0.25, 0.3) is 0 Å². The quantitative estimate of drug-likeness (QED) is 0.0285. The molecule has 0 rings (SSSR count). The van der Waals surface area contributed by atoms with Crippen LogP contribution in [0.3, 0.4) is 0 Å². The summed E-state index contributed by atoms with van der Waals surface area (Å²) in [6.07, 6.45) is 6.84. The highest BCUT2D eigenvalue weighted by Gasteiger charge is 2.27. The van der Waals surface area contributed by atoms with Crippen LogP contribution in [0, 0.1) is 0 Å². The number of carbonyl (C=O) groups excluding carboxylic acids is 10. The molecule has 0 N–H and O–H groups in total. The van der Waals surface area contributed by atoms with Crippen LogP contribution in [0.2, 0.25) is 13.1 Å². The Morgan fingerprint density at radius 3 is 0.482 bits per heavy atom. The number of esters is 9. The van der Waals surface area contributed by atoms with Gasteiger partial charge in [0.2, 0.25) is 0 Å². The summed E-state index contributed by atoms with van der Waals surface area (Å²) in [5, 5.41) is 0. The zero-order chi connectivity index (χ0) is 65.1. The summed E-state index contributed by atoms with van der Waals surface area (Å²) in [6.45, 7) is 63.7. The van der Waals surface area contributed by atoms with Crippen LogP contribution in [0.4, 0.5) is 0 Å². The molecule has 0 fully saturated rings. The maximum atomic E-state index is 11.0. The zero-order valence-electron chi connectivity index (χ0n) is 50.8. The van der Waals surface area contributed by atoms with Crippen molar-refractivity contribution >= 4 is 68.3 Å². The molecule has 0 radical (unpaired) electrons. The Morgan fingerprint density at radius 1 is 0.245 bits per heavy atom. The number of carbonyl (C=O) groups is 10. The van der Waals surface area contributed by atoms with Crippen LogP contribution in [0.15, 0.2) is 125 Å². The van der Waals surface area contributed by atoms with Crippen molar-refractivity contribution in [2.75, 3.05) is 79.8 Å². The van der Waals surface area contributed by atoms with E-state index in [1.54, 1.807) is 96.2 Å². The van der Waals surface area contributed by atoms with Gasteiger partial charge in [-0.15, -0.1) is 0 Å². The van der Waals surface area contributed by atoms with Crippen LogP contribution in [0.1, 0.15) is 313 Å². The van der Waals surface area contributed by atoms with Crippen molar-refractivity contribution in [1.82, 2.24) is 0 Å². The van der Waals surface area contributed by atoms with Crippen LogP contribution in [0.25, 0.3) is 0 Å². The first-order valence-electron chi connectivity index (χ1n) is 24.5. The summed E-state index contributed by atoms with van der Waals surface area (Å²) in [6, 6.07) is 0. The fraction of sp³-hybridized carbons (Fsp3) is 0.655. The maximum absolute atomic E-state index is 11.0. The van der Waals surface area contributed by atoms with Gasteiger partial charge < -0.3 is 56.2 Å². The van der Waals surface area contributed by atoms with E-state index in [0.29, 0.717) is 95.0 Å². The Labute approximate surface area is 699 Å². The lowest BCUT2D eigenvalue weighted by Gasteiger charge is -2.19. The van der Waals surface area contributed by atoms with Gasteiger partial charge in [0.15, 0.2) is 0 Å². The third-order valence-electron chi connectivity index (χ3n) is 6.16. The molecule has 0 heterocycles. The molecule has 23 heteroatoms. The first-order chi connectivity index (χ1) is 37.3. The minimum absolute atomic E-state index is 0. The van der Waals surface area contributed by atoms with Gasteiger partial charge >= 0.3 is 68.3 Å². The Hall–Kier alpha value is -7.76. The Bertz CT molecular complexity index is 1660. The molecule has 0 saturated heterocycles. The first kappa shape index (κ1) is 271. The van der Waals surface area contributed by atoms with Crippen molar-refractivity contribution in [3.05, 3.63) is 125 Å². The predicted octanol–water partition coefficient (Wildman–Crippen LogP) is 28.3. The van der Waals surface area contributed by atoms with Gasteiger partial charge in [0.05, 0.1) is 59.5 Å². The Balaban J connectivity index is -0.0000000127. The Morgan fingerprint density at radius 2 is 0.391 bits per heavy atom. The molecular formula is C87H216O22Si. The summed E-state index contributed by atoms with van der Waals surface area (Å²) >= 11 is 0. The Kier molecular flexibility index (Phi) is 522. The highest BCUT2D eigenvalue weighted by molar-refractivity contribution is 6.66. The van der Waals surface area contributed by atoms with E-state index in [1.165, 1.54) is 7.11 Å². The summed E-state index contributed by atoms with van der Waals surface area (Å²) in [4.78, 5) is 103. The van der Waals surface area contributed by atoms with Crippen LogP contribution in [-0.2, 0) is 104 Å². The third kappa shape index (κ3) is 291. The van der Waals surface area contributed by atoms with Gasteiger partial charge in [0, 0.05) is 72.5 Å². The average Bonchev–Trinajstić information content (AvgIpc) is 3.41. The van der Waals surface area contributed by atoms with Crippen molar-refractivity contribution in [2.45, 2.75) is 326 Å². The van der Waals surface area contributed by atoms with Crippen LogP contribution >= 0.6 is 0 Å². The summed E-state index contributed by atoms with van der Waals surface area (Å²) in [5.74, 6) is -3.51. The van der Waals surface area contributed by atoms with Crippen molar-refractivity contribution in [3.8, 4) is 0 Å². The number of rotatable bonds is 24. The topological polar surface area (TPSA) is 281 Å². The minimum atomic E-state index is -2.21. The minimum Gasteiger partial charge on any atom is -0.491 e. The van der Waals surface area contributed by atoms with Crippen molar-refractivity contribution in [3.63, 3.8) is 0 Å². The number of ether oxygens (including phenoxy) is 10. The highest BCUT2D eigenvalue weighted by atomic mass is 28.4. The molecule has 0 saturated carbocycles. The van der Waals surface area contributed by atoms with Crippen molar-refractivity contribution in [1.29, 1.82) is 0 Å². The molecule has 0 atom stereocenters. The van der Waals surface area contributed by atoms with E-state index < -0.39 is 14.5 Å². The molecule has 0 aromatic heterocycles. The fourth-order valence-corrected chi connectivity index (χ4v) is 3.23. The standard InChI is InChI=1S/C7H14O3Si.C7H12O3.3C6H10O2.5C5H8O2.30CH4/c1-6(2)7(8)10-11(4,5)9-3;1-3-7(8)10-6-5-9-4-2;3*1-4-8-6(7)5(2)3;5*1-3-5(6)7-4-2;;;;;;;;;;;;;;;;;;;;;;;;;;;;;;/h1H2,2-5H3;3H,1,4-6H2,2H3;3*2,4H2,1,3H3;5*3H,1,4H2,2H3;30*1H4. The van der Waals surface area contributed by atoms with Gasteiger partial charge in [-0.25, -0.2) is 47.9 Å². The smallest absolute Gasteiger partial charge is 0.395 e. The number of hydrogen-bond acceptors (Lipinski definition) is 22. The van der Waals surface area contributed by atoms with Crippen LogP contribution in [0.5, 0.6) is 0 Å². The molecule has 0 aliphatic carbocycles. The lowest BCUT2D eigenvalue weighted by Crippen LogP contribution is -2.36. The summed E-state index contributed by atoms with van der Waals surface area (Å²) in [7, 11) is -0.674. The SMILES string of the molecule is C.C.C.C.C.C.C.C.C.C.C.C.C.C.C.C.C.C.C.C.C.C.C.C.C.C.C.C.C.C.C=C(C)C(=O)OCC.C=C(C)C(=O)OCC.C=C(C)C(=O)OCC.C=C(C)C(=O)O[Si](C)(C)OC.C=CC(=O)OCC.C=CC(=O)OCC.C=CC(=O)OCC.C=CC(=O)OCC.C=CC(=O)OCC.C=CC(=O)OCCOCC. The largest absolute Gasteiger partial charge is 0.491 e. The molecule has 0 aromatic rings. The molecule has 0 aliphatic heterocycles. The van der Waals surface area contributed by atoms with Gasteiger partial charge in [-0.05, 0) is 103 Å². The second-order valence-electron chi connectivity index (χ2n) is 13.6. The van der Waals surface area contributed by atoms with E-state index in [-0.39, 0.29) is 277 Å². The van der Waals surface area contributed by atoms with Gasteiger partial charge in [-0.2, -0.15) is 0 Å². The second kappa shape index (κ2) is 212. The maximum Gasteiger partial charge on any atom is 0.395 e. The van der Waals surface area contributed by atoms with E-state index in [9.17, 15) is 47.9 Å². The fourth-order valence-electron chi connectivity index (χ4n) is 2.53. The highest BCUT2D eigenvalue weighted by Crippen LogP contribution is 2.07. The molecule has 0 aromatic carbocycles. The predicted molar refractivity (Wildman–Crippen MR) is 513 cm³/mol. The first-order valence-corrected chi connectivity index (χ1v) is 27.4. The molecular weight excluding hydrogens is 1430 g/mol. The van der Waals surface area contributed by atoms with Gasteiger partial charge in [-0.1, -0.05) is 289 Å². The normalized spacial score (nSPS) is 6.11. The lowest BCUT2D eigenvalue weighted by atomic mass is 10.4. The third-order valence-corrected chi connectivity index (χ3v) is 7.82. The molecule has 22 nitrogen and oxygen atoms in total. The van der Waals surface area contributed by atoms with Crippen LogP contribution in [-0.4, -0.2) is 148 Å². The van der Waals surface area contributed by atoms with E-state index >= 15 is 0 Å². The monoisotopic (exact) mass is 1640 g/mol. The van der Waals surface area contributed by atoms with E-state index in [1.807, 2.05) is 6.92 Å². The molecule has 700 valence electrons. The van der Waals surface area contributed by atoms with E-state index in [2.05, 4.69) is 108 Å². The zero-order valence-corrected chi connectivity index (χ0v) is 51.8. The van der Waals surface area contributed by atoms with Gasteiger partial charge in [-0.3, -0.25) is 0 Å². The van der Waals surface area contributed by atoms with E-state index in [0.717, 1.165) is 36.5 Å². The molecule has 0 amide bonds. The molecule has 110 heavy (non-hydrogen) atoms. The molecule has 0 spiro atoms. The summed E-state index contributed by atoms with van der Waals surface area (Å²) in [5.41, 5.74) is 1.76. The van der Waals surface area contributed by atoms with Crippen LogP contribution < -0.4 is 0 Å². The second-order valence-corrected chi connectivity index (χ2v) is 17.0. The van der Waals surface area contributed by atoms with E-state index in [4.69, 9.17) is 13.6 Å². The van der Waals surface area contributed by atoms with Crippen molar-refractivity contribution < 1.29 is 104 Å². The summed E-state index contributed by atoms with van der Waals surface area (Å²) < 4.78 is 55.4. The molecule has 0 aliphatic rings. The lowest BCUT2D eigenvalue weighted by molar-refractivity contribution is -0.139. The van der Waals surface area contributed by atoms with Crippen molar-refractivity contribution in [2.24, 2.45) is 0 Å². The molecule has 0 bridgehead atoms. The number of hydrogen-bond donors (Lipinski definition) is 0. The molecule has 0 unspecified atom stereocenters.